The Morgan fingerprint density at radius 1 is 1.00 bits per heavy atom. The van der Waals surface area contributed by atoms with Crippen LogP contribution in [-0.4, -0.2) is 41.8 Å². The Balaban J connectivity index is 1.70. The van der Waals surface area contributed by atoms with Crippen LogP contribution in [-0.2, 0) is 22.3 Å². The Morgan fingerprint density at radius 3 is 2.36 bits per heavy atom. The second kappa shape index (κ2) is 10.5. The Labute approximate surface area is 165 Å². The van der Waals surface area contributed by atoms with Crippen LogP contribution in [0.3, 0.4) is 0 Å². The van der Waals surface area contributed by atoms with Gasteiger partial charge in [-0.15, -0.1) is 0 Å². The number of amides is 2. The molecule has 0 fully saturated rings. The lowest BCUT2D eigenvalue weighted by Crippen LogP contribution is -2.37. The van der Waals surface area contributed by atoms with Gasteiger partial charge in [0.1, 0.15) is 18.1 Å². The number of rotatable bonds is 10. The first-order chi connectivity index (χ1) is 13.4. The molecule has 0 unspecified atom stereocenters. The maximum Gasteiger partial charge on any atom is 0.315 e. The fraction of sp³-hybridized carbons (Fsp3) is 0.316. The molecule has 8 nitrogen and oxygen atoms in total. The zero-order valence-corrected chi connectivity index (χ0v) is 16.7. The Kier molecular flexibility index (Phi) is 8.09. The smallest absolute Gasteiger partial charge is 0.315 e. The third-order valence-electron chi connectivity index (χ3n) is 3.83. The van der Waals surface area contributed by atoms with Gasteiger partial charge in [-0.3, -0.25) is 0 Å². The molecule has 0 atom stereocenters. The van der Waals surface area contributed by atoms with Crippen molar-refractivity contribution in [3.8, 4) is 11.5 Å². The highest BCUT2D eigenvalue weighted by atomic mass is 32.2. The SMILES string of the molecule is CNS(=O)(=O)Cc1cccc(CNC(=O)NCCOc2ccc(OC)cc2)c1. The molecule has 0 aliphatic heterocycles. The molecular formula is C19H25N3O5S. The predicted octanol–water partition coefficient (Wildman–Crippen LogP) is 1.62. The molecule has 0 aliphatic carbocycles. The zero-order valence-electron chi connectivity index (χ0n) is 15.9. The van der Waals surface area contributed by atoms with Crippen LogP contribution >= 0.6 is 0 Å². The maximum absolute atomic E-state index is 11.9. The van der Waals surface area contributed by atoms with Gasteiger partial charge in [-0.1, -0.05) is 24.3 Å². The quantitative estimate of drug-likeness (QED) is 0.519. The Morgan fingerprint density at radius 2 is 1.68 bits per heavy atom. The summed E-state index contributed by atoms with van der Waals surface area (Å²) in [5.74, 6) is 1.33. The molecule has 2 aromatic carbocycles. The molecule has 3 N–H and O–H groups in total. The van der Waals surface area contributed by atoms with E-state index in [1.165, 1.54) is 7.05 Å². The zero-order chi connectivity index (χ0) is 20.4. The lowest BCUT2D eigenvalue weighted by Gasteiger charge is -2.10. The highest BCUT2D eigenvalue weighted by Gasteiger charge is 2.09. The van der Waals surface area contributed by atoms with Gasteiger partial charge in [0, 0.05) is 6.54 Å². The molecular weight excluding hydrogens is 382 g/mol. The molecule has 0 saturated carbocycles. The second-order valence-corrected chi connectivity index (χ2v) is 7.84. The third kappa shape index (κ3) is 7.45. The fourth-order valence-corrected chi connectivity index (χ4v) is 3.13. The molecule has 2 aromatic rings. The molecule has 2 amide bonds. The number of carbonyl (C=O) groups is 1. The van der Waals surface area contributed by atoms with Gasteiger partial charge >= 0.3 is 6.03 Å². The number of nitrogens with one attached hydrogen (secondary N) is 3. The first-order valence-corrected chi connectivity index (χ1v) is 10.3. The van der Waals surface area contributed by atoms with E-state index in [0.717, 1.165) is 11.3 Å². The summed E-state index contributed by atoms with van der Waals surface area (Å²) in [6, 6.07) is 13.9. The molecule has 0 heterocycles. The molecule has 0 aliphatic rings. The third-order valence-corrected chi connectivity index (χ3v) is 5.16. The number of carbonyl (C=O) groups excluding carboxylic acids is 1. The number of hydrogen-bond acceptors (Lipinski definition) is 5. The van der Waals surface area contributed by atoms with E-state index in [9.17, 15) is 13.2 Å². The lowest BCUT2D eigenvalue weighted by molar-refractivity contribution is 0.236. The minimum atomic E-state index is -3.33. The summed E-state index contributed by atoms with van der Waals surface area (Å²) in [6.45, 7) is 0.966. The van der Waals surface area contributed by atoms with Crippen LogP contribution in [0.15, 0.2) is 48.5 Å². The van der Waals surface area contributed by atoms with Gasteiger partial charge < -0.3 is 20.1 Å². The van der Waals surface area contributed by atoms with Crippen molar-refractivity contribution >= 4 is 16.1 Å². The van der Waals surface area contributed by atoms with Crippen LogP contribution in [0.25, 0.3) is 0 Å². The average molecular weight is 407 g/mol. The van der Waals surface area contributed by atoms with E-state index in [1.54, 1.807) is 49.6 Å². The van der Waals surface area contributed by atoms with E-state index in [4.69, 9.17) is 9.47 Å². The van der Waals surface area contributed by atoms with Gasteiger partial charge in [-0.05, 0) is 42.4 Å². The monoisotopic (exact) mass is 407 g/mol. The fourth-order valence-electron chi connectivity index (χ4n) is 2.37. The van der Waals surface area contributed by atoms with E-state index in [2.05, 4.69) is 15.4 Å². The van der Waals surface area contributed by atoms with Gasteiger partial charge in [0.15, 0.2) is 0 Å². The van der Waals surface area contributed by atoms with Crippen LogP contribution in [0.4, 0.5) is 4.79 Å². The van der Waals surface area contributed by atoms with Crippen molar-refractivity contribution < 1.29 is 22.7 Å². The van der Waals surface area contributed by atoms with E-state index >= 15 is 0 Å². The first-order valence-electron chi connectivity index (χ1n) is 8.69. The van der Waals surface area contributed by atoms with Crippen LogP contribution in [0.5, 0.6) is 11.5 Å². The summed E-state index contributed by atoms with van der Waals surface area (Å²) in [5.41, 5.74) is 1.47. The molecule has 2 rings (SSSR count). The van der Waals surface area contributed by atoms with Crippen LogP contribution in [0.2, 0.25) is 0 Å². The van der Waals surface area contributed by atoms with Gasteiger partial charge in [0.25, 0.3) is 0 Å². The van der Waals surface area contributed by atoms with E-state index in [-0.39, 0.29) is 11.8 Å². The number of methoxy groups -OCH3 is 1. The predicted molar refractivity (Wildman–Crippen MR) is 107 cm³/mol. The molecule has 0 spiro atoms. The number of hydrogen-bond donors (Lipinski definition) is 3. The summed E-state index contributed by atoms with van der Waals surface area (Å²) < 4.78 is 36.1. The topological polar surface area (TPSA) is 106 Å². The summed E-state index contributed by atoms with van der Waals surface area (Å²) >= 11 is 0. The lowest BCUT2D eigenvalue weighted by atomic mass is 10.1. The molecule has 0 bridgehead atoms. The van der Waals surface area contributed by atoms with Crippen LogP contribution < -0.4 is 24.8 Å². The van der Waals surface area contributed by atoms with Crippen molar-refractivity contribution in [1.82, 2.24) is 15.4 Å². The molecule has 0 aromatic heterocycles. The number of urea groups is 1. The highest BCUT2D eigenvalue weighted by molar-refractivity contribution is 7.88. The standard InChI is InChI=1S/C19H25N3O5S/c1-20-28(24,25)14-16-5-3-4-15(12-16)13-22-19(23)21-10-11-27-18-8-6-17(26-2)7-9-18/h3-9,12,20H,10-11,13-14H2,1-2H3,(H2,21,22,23). The number of sulfonamides is 1. The average Bonchev–Trinajstić information content (AvgIpc) is 2.70. The summed E-state index contributed by atoms with van der Waals surface area (Å²) in [6.07, 6.45) is 0. The van der Waals surface area contributed by atoms with Gasteiger partial charge in [0.2, 0.25) is 10.0 Å². The summed E-state index contributed by atoms with van der Waals surface area (Å²) in [5, 5.41) is 5.43. The van der Waals surface area contributed by atoms with E-state index in [0.29, 0.717) is 31.0 Å². The van der Waals surface area contributed by atoms with Crippen molar-refractivity contribution in [3.05, 3.63) is 59.7 Å². The van der Waals surface area contributed by atoms with Crippen molar-refractivity contribution in [2.75, 3.05) is 27.3 Å². The van der Waals surface area contributed by atoms with Gasteiger partial charge in [0.05, 0.1) is 19.4 Å². The van der Waals surface area contributed by atoms with Crippen molar-refractivity contribution in [3.63, 3.8) is 0 Å². The molecule has 152 valence electrons. The number of ether oxygens (including phenoxy) is 2. The molecule has 0 saturated heterocycles. The first kappa shape index (κ1) is 21.5. The molecule has 28 heavy (non-hydrogen) atoms. The van der Waals surface area contributed by atoms with Crippen molar-refractivity contribution in [2.45, 2.75) is 12.3 Å². The second-order valence-electron chi connectivity index (χ2n) is 5.92. The van der Waals surface area contributed by atoms with Crippen molar-refractivity contribution in [2.24, 2.45) is 0 Å². The van der Waals surface area contributed by atoms with E-state index in [1.807, 2.05) is 6.07 Å². The molecule has 9 heteroatoms. The summed E-state index contributed by atoms with van der Waals surface area (Å²) in [7, 11) is -0.358. The van der Waals surface area contributed by atoms with Gasteiger partial charge in [-0.25, -0.2) is 17.9 Å². The van der Waals surface area contributed by atoms with Crippen LogP contribution in [0.1, 0.15) is 11.1 Å². The van der Waals surface area contributed by atoms with Crippen LogP contribution in [0, 0.1) is 0 Å². The highest BCUT2D eigenvalue weighted by Crippen LogP contribution is 2.16. The Bertz CT molecular complexity index is 869. The summed E-state index contributed by atoms with van der Waals surface area (Å²) in [4.78, 5) is 11.9. The van der Waals surface area contributed by atoms with Gasteiger partial charge in [-0.2, -0.15) is 0 Å². The Hall–Kier alpha value is -2.78. The number of benzene rings is 2. The normalized spacial score (nSPS) is 10.9. The molecule has 0 radical (unpaired) electrons. The minimum absolute atomic E-state index is 0.105. The largest absolute Gasteiger partial charge is 0.497 e. The van der Waals surface area contributed by atoms with E-state index < -0.39 is 10.0 Å². The van der Waals surface area contributed by atoms with Crippen molar-refractivity contribution in [1.29, 1.82) is 0 Å². The minimum Gasteiger partial charge on any atom is -0.497 e. The maximum atomic E-state index is 11.9.